The van der Waals surface area contributed by atoms with Gasteiger partial charge in [0.2, 0.25) is 0 Å². The lowest BCUT2D eigenvalue weighted by atomic mass is 10.1. The first kappa shape index (κ1) is 17.5. The van der Waals surface area contributed by atoms with Crippen LogP contribution in [0.5, 0.6) is 0 Å². The summed E-state index contributed by atoms with van der Waals surface area (Å²) < 4.78 is 15.6. The van der Waals surface area contributed by atoms with Crippen molar-refractivity contribution in [1.82, 2.24) is 25.6 Å². The fraction of sp³-hybridized carbons (Fsp3) is 0.500. The maximum Gasteiger partial charge on any atom is 0.273 e. The van der Waals surface area contributed by atoms with Gasteiger partial charge in [-0.1, -0.05) is 23.4 Å². The SMILES string of the molecule is Cc1c(C(=O)NC(C)Cc2ccccc2F)nnn1C1CCNCC1. The number of carbonyl (C=O) groups excluding carboxylic acids is 1. The van der Waals surface area contributed by atoms with Crippen LogP contribution < -0.4 is 10.6 Å². The molecule has 134 valence electrons. The minimum Gasteiger partial charge on any atom is -0.348 e. The molecule has 0 bridgehead atoms. The minimum atomic E-state index is -0.262. The Bertz CT molecular complexity index is 739. The van der Waals surface area contributed by atoms with Crippen LogP contribution in [0, 0.1) is 12.7 Å². The van der Waals surface area contributed by atoms with Crippen LogP contribution in [0.25, 0.3) is 0 Å². The maximum atomic E-state index is 13.7. The number of benzene rings is 1. The van der Waals surface area contributed by atoms with Crippen molar-refractivity contribution in [3.05, 3.63) is 47.0 Å². The third kappa shape index (κ3) is 4.04. The topological polar surface area (TPSA) is 71.8 Å². The Kier molecular flexibility index (Phi) is 5.43. The van der Waals surface area contributed by atoms with Crippen molar-refractivity contribution in [2.45, 2.75) is 45.2 Å². The fourth-order valence-electron chi connectivity index (χ4n) is 3.29. The van der Waals surface area contributed by atoms with Crippen LogP contribution >= 0.6 is 0 Å². The van der Waals surface area contributed by atoms with Crippen molar-refractivity contribution in [1.29, 1.82) is 0 Å². The summed E-state index contributed by atoms with van der Waals surface area (Å²) in [6.07, 6.45) is 2.39. The smallest absolute Gasteiger partial charge is 0.273 e. The number of hydrogen-bond donors (Lipinski definition) is 2. The van der Waals surface area contributed by atoms with E-state index in [1.807, 2.05) is 18.5 Å². The molecule has 7 heteroatoms. The number of rotatable bonds is 5. The molecule has 6 nitrogen and oxygen atoms in total. The molecule has 0 saturated carbocycles. The van der Waals surface area contributed by atoms with Crippen molar-refractivity contribution in [2.75, 3.05) is 13.1 Å². The highest BCUT2D eigenvalue weighted by atomic mass is 19.1. The van der Waals surface area contributed by atoms with E-state index in [-0.39, 0.29) is 23.8 Å². The van der Waals surface area contributed by atoms with Gasteiger partial charge in [-0.25, -0.2) is 9.07 Å². The van der Waals surface area contributed by atoms with Crippen LogP contribution in [0.15, 0.2) is 24.3 Å². The van der Waals surface area contributed by atoms with E-state index in [1.165, 1.54) is 6.07 Å². The van der Waals surface area contributed by atoms with E-state index in [9.17, 15) is 9.18 Å². The van der Waals surface area contributed by atoms with Crippen LogP contribution in [0.1, 0.15) is 47.6 Å². The molecule has 25 heavy (non-hydrogen) atoms. The first-order valence-corrected chi connectivity index (χ1v) is 8.73. The van der Waals surface area contributed by atoms with Crippen molar-refractivity contribution in [2.24, 2.45) is 0 Å². The van der Waals surface area contributed by atoms with Crippen LogP contribution in [0.4, 0.5) is 4.39 Å². The molecule has 1 atom stereocenters. The predicted octanol–water partition coefficient (Wildman–Crippen LogP) is 2.01. The monoisotopic (exact) mass is 345 g/mol. The molecule has 0 aliphatic carbocycles. The Hall–Kier alpha value is -2.28. The molecular weight excluding hydrogens is 321 g/mol. The van der Waals surface area contributed by atoms with Crippen LogP contribution in [-0.4, -0.2) is 40.0 Å². The molecule has 2 heterocycles. The van der Waals surface area contributed by atoms with Crippen molar-refractivity contribution >= 4 is 5.91 Å². The van der Waals surface area contributed by atoms with Crippen molar-refractivity contribution in [3.8, 4) is 0 Å². The van der Waals surface area contributed by atoms with E-state index in [4.69, 9.17) is 0 Å². The largest absolute Gasteiger partial charge is 0.348 e. The molecule has 1 saturated heterocycles. The summed E-state index contributed by atoms with van der Waals surface area (Å²) in [4.78, 5) is 12.5. The number of halogens is 1. The summed E-state index contributed by atoms with van der Waals surface area (Å²) in [5, 5.41) is 14.5. The number of piperidine rings is 1. The van der Waals surface area contributed by atoms with Gasteiger partial charge in [0, 0.05) is 6.04 Å². The highest BCUT2D eigenvalue weighted by Gasteiger charge is 2.23. The summed E-state index contributed by atoms with van der Waals surface area (Å²) in [7, 11) is 0. The molecule has 1 aromatic heterocycles. The van der Waals surface area contributed by atoms with Gasteiger partial charge in [0.1, 0.15) is 5.82 Å². The molecule has 0 spiro atoms. The Morgan fingerprint density at radius 2 is 2.12 bits per heavy atom. The average molecular weight is 345 g/mol. The summed E-state index contributed by atoms with van der Waals surface area (Å²) >= 11 is 0. The quantitative estimate of drug-likeness (QED) is 0.870. The van der Waals surface area contributed by atoms with Gasteiger partial charge in [-0.15, -0.1) is 5.10 Å². The summed E-state index contributed by atoms with van der Waals surface area (Å²) in [5.74, 6) is -0.516. The second-order valence-electron chi connectivity index (χ2n) is 6.62. The molecule has 1 unspecified atom stereocenters. The number of aromatic nitrogens is 3. The lowest BCUT2D eigenvalue weighted by Gasteiger charge is -2.23. The molecule has 1 fully saturated rings. The highest BCUT2D eigenvalue weighted by molar-refractivity contribution is 5.93. The van der Waals surface area contributed by atoms with E-state index in [2.05, 4.69) is 20.9 Å². The number of amides is 1. The predicted molar refractivity (Wildman–Crippen MR) is 92.9 cm³/mol. The average Bonchev–Trinajstić information content (AvgIpc) is 2.99. The van der Waals surface area contributed by atoms with Crippen LogP contribution in [0.3, 0.4) is 0 Å². The molecule has 1 aliphatic heterocycles. The first-order chi connectivity index (χ1) is 12.1. The highest BCUT2D eigenvalue weighted by Crippen LogP contribution is 2.20. The van der Waals surface area contributed by atoms with Crippen molar-refractivity contribution in [3.63, 3.8) is 0 Å². The molecule has 3 rings (SSSR count). The Balaban J connectivity index is 1.65. The van der Waals surface area contributed by atoms with Gasteiger partial charge in [-0.3, -0.25) is 4.79 Å². The minimum absolute atomic E-state index is 0.201. The first-order valence-electron chi connectivity index (χ1n) is 8.73. The van der Waals surface area contributed by atoms with Crippen LogP contribution in [0.2, 0.25) is 0 Å². The molecule has 1 aliphatic rings. The maximum absolute atomic E-state index is 13.7. The third-order valence-corrected chi connectivity index (χ3v) is 4.66. The van der Waals surface area contributed by atoms with Crippen molar-refractivity contribution < 1.29 is 9.18 Å². The zero-order valence-electron chi connectivity index (χ0n) is 14.6. The summed E-state index contributed by atoms with van der Waals surface area (Å²) in [6.45, 7) is 5.63. The molecule has 0 radical (unpaired) electrons. The van der Waals surface area contributed by atoms with E-state index in [1.54, 1.807) is 18.2 Å². The van der Waals surface area contributed by atoms with Gasteiger partial charge in [0.05, 0.1) is 11.7 Å². The standard InChI is InChI=1S/C18H24FN5O/c1-12(11-14-5-3-4-6-16(14)19)21-18(25)17-13(2)24(23-22-17)15-7-9-20-10-8-15/h3-6,12,15,20H,7-11H2,1-2H3,(H,21,25). The van der Waals surface area contributed by atoms with E-state index in [0.29, 0.717) is 17.7 Å². The fourth-order valence-corrected chi connectivity index (χ4v) is 3.29. The van der Waals surface area contributed by atoms with E-state index < -0.39 is 0 Å². The van der Waals surface area contributed by atoms with Gasteiger partial charge in [0.15, 0.2) is 5.69 Å². The zero-order valence-corrected chi connectivity index (χ0v) is 14.6. The molecular formula is C18H24FN5O. The molecule has 2 N–H and O–H groups in total. The molecule has 1 amide bonds. The zero-order chi connectivity index (χ0) is 17.8. The Labute approximate surface area is 146 Å². The number of nitrogens with one attached hydrogen (secondary N) is 2. The summed E-state index contributed by atoms with van der Waals surface area (Å²) in [6, 6.07) is 6.70. The number of nitrogens with zero attached hydrogens (tertiary/aromatic N) is 3. The van der Waals surface area contributed by atoms with E-state index >= 15 is 0 Å². The van der Waals surface area contributed by atoms with Gasteiger partial charge in [-0.2, -0.15) is 0 Å². The van der Waals surface area contributed by atoms with Gasteiger partial charge >= 0.3 is 0 Å². The lowest BCUT2D eigenvalue weighted by molar-refractivity contribution is 0.0934. The second kappa shape index (κ2) is 7.74. The molecule has 2 aromatic rings. The van der Waals surface area contributed by atoms with Crippen LogP contribution in [-0.2, 0) is 6.42 Å². The Morgan fingerprint density at radius 3 is 2.84 bits per heavy atom. The summed E-state index contributed by atoms with van der Waals surface area (Å²) in [5.41, 5.74) is 1.71. The number of carbonyl (C=O) groups is 1. The molecule has 1 aromatic carbocycles. The third-order valence-electron chi connectivity index (χ3n) is 4.66. The second-order valence-corrected chi connectivity index (χ2v) is 6.62. The van der Waals surface area contributed by atoms with E-state index in [0.717, 1.165) is 31.6 Å². The van der Waals surface area contributed by atoms with Gasteiger partial charge in [0.25, 0.3) is 5.91 Å². The van der Waals surface area contributed by atoms with Gasteiger partial charge < -0.3 is 10.6 Å². The van der Waals surface area contributed by atoms with Gasteiger partial charge in [-0.05, 0) is 57.8 Å². The lowest BCUT2D eigenvalue weighted by Crippen LogP contribution is -2.35. The Morgan fingerprint density at radius 1 is 1.40 bits per heavy atom. The normalized spacial score (nSPS) is 16.6. The number of hydrogen-bond acceptors (Lipinski definition) is 4.